The molecule has 0 aromatic carbocycles. The number of halogens is 1. The molecule has 196 valence electrons. The molecule has 0 aliphatic carbocycles. The minimum Gasteiger partial charge on any atom is -0.543 e. The van der Waals surface area contributed by atoms with E-state index < -0.39 is 29.2 Å². The summed E-state index contributed by atoms with van der Waals surface area (Å²) in [6, 6.07) is -0.891. The molecule has 7 N–H and O–H groups in total. The molecule has 0 bridgehead atoms. The van der Waals surface area contributed by atoms with Crippen LogP contribution in [0.4, 0.5) is 5.13 Å². The zero-order chi connectivity index (χ0) is 23.0. The molecule has 16 heteroatoms. The largest absolute Gasteiger partial charge is 0.543 e. The van der Waals surface area contributed by atoms with E-state index in [-0.39, 0.29) is 45.6 Å². The molecule has 3 aliphatic heterocycles. The van der Waals surface area contributed by atoms with Gasteiger partial charge in [0.05, 0.1) is 31.8 Å². The second-order valence-electron chi connectivity index (χ2n) is 8.23. The molecule has 4 heterocycles. The van der Waals surface area contributed by atoms with Gasteiger partial charge in [-0.1, -0.05) is 5.16 Å². The molecule has 0 unspecified atom stereocenters. The first kappa shape index (κ1) is 30.6. The number of aliphatic carboxylic acids is 1. The highest BCUT2D eigenvalue weighted by atomic mass is 35.5. The van der Waals surface area contributed by atoms with Gasteiger partial charge < -0.3 is 41.2 Å². The Kier molecular flexibility index (Phi) is 10.5. The van der Waals surface area contributed by atoms with Gasteiger partial charge in [-0.05, 0) is 0 Å². The number of fused-ring (bicyclic) bond motifs is 1. The zero-order valence-electron chi connectivity index (χ0n) is 19.1. The molecule has 13 nitrogen and oxygen atoms in total. The molecule has 0 saturated carbocycles. The van der Waals surface area contributed by atoms with Crippen molar-refractivity contribution in [3.05, 3.63) is 22.3 Å². The van der Waals surface area contributed by atoms with Gasteiger partial charge in [0.1, 0.15) is 30.8 Å². The molecule has 1 aromatic rings. The molecule has 0 radical (unpaired) electrons. The number of quaternary nitrogens is 1. The van der Waals surface area contributed by atoms with E-state index in [1.54, 1.807) is 5.38 Å². The molecule has 2 fully saturated rings. The Hall–Kier alpha value is -2.43. The minimum absolute atomic E-state index is 0. The number of carboxylic acids is 1. The van der Waals surface area contributed by atoms with Crippen molar-refractivity contribution in [3.8, 4) is 0 Å². The normalized spacial score (nSPS) is 22.6. The van der Waals surface area contributed by atoms with E-state index in [1.807, 2.05) is 0 Å². The highest BCUT2D eigenvalue weighted by Crippen LogP contribution is 2.41. The Morgan fingerprint density at radius 2 is 2.03 bits per heavy atom. The predicted molar refractivity (Wildman–Crippen MR) is 132 cm³/mol. The summed E-state index contributed by atoms with van der Waals surface area (Å²) in [7, 11) is 3.39. The number of β-lactam (4-membered cyclic amide) rings is 1. The number of likely N-dealkylation sites (N-methyl/N-ethyl adjacent to an activating group) is 1. The van der Waals surface area contributed by atoms with Crippen LogP contribution in [-0.2, 0) is 19.2 Å². The van der Waals surface area contributed by atoms with Crippen LogP contribution < -0.4 is 16.2 Å². The average molecular weight is 553 g/mol. The summed E-state index contributed by atoms with van der Waals surface area (Å²) < 4.78 is 0.757. The van der Waals surface area contributed by atoms with Crippen molar-refractivity contribution in [2.24, 2.45) is 5.16 Å². The SMILES string of the molecule is CO/N=C(/C(=O)N[C@@H]1C(=O)N2C(C(=O)[O-])=C(C[N+]3(C)CCCC3)CS[C@H]12)c1csc(N)n1.Cl.O.O. The second-order valence-corrected chi connectivity index (χ2v) is 10.2. The number of likely N-dealkylation sites (tertiary alicyclic amines) is 1. The number of carbonyl (C=O) groups is 3. The lowest BCUT2D eigenvalue weighted by Crippen LogP contribution is -2.71. The number of carbonyl (C=O) groups excluding carboxylic acids is 3. The molecule has 1 aromatic heterocycles. The maximum absolute atomic E-state index is 12.9. The number of anilines is 1. The van der Waals surface area contributed by atoms with Crippen molar-refractivity contribution in [2.75, 3.05) is 45.3 Å². The minimum atomic E-state index is -1.37. The molecular formula is C19H29ClN6O7S2. The van der Waals surface area contributed by atoms with Crippen molar-refractivity contribution in [1.29, 1.82) is 0 Å². The number of carboxylic acid groups (broad SMARTS) is 1. The fourth-order valence-corrected chi connectivity index (χ4v) is 6.30. The first-order valence-corrected chi connectivity index (χ1v) is 12.0. The average Bonchev–Trinajstić information content (AvgIpc) is 3.37. The number of hydrogen-bond acceptors (Lipinski definition) is 10. The lowest BCUT2D eigenvalue weighted by atomic mass is 10.0. The Balaban J connectivity index is 0.00000204. The third kappa shape index (κ3) is 5.87. The van der Waals surface area contributed by atoms with Gasteiger partial charge in [0.15, 0.2) is 10.8 Å². The van der Waals surface area contributed by atoms with E-state index in [0.717, 1.165) is 41.8 Å². The van der Waals surface area contributed by atoms with Crippen LogP contribution in [0, 0.1) is 0 Å². The van der Waals surface area contributed by atoms with E-state index in [0.29, 0.717) is 17.9 Å². The number of rotatable bonds is 7. The van der Waals surface area contributed by atoms with Crippen LogP contribution in [0.1, 0.15) is 18.5 Å². The molecule has 0 spiro atoms. The molecule has 3 aliphatic rings. The number of thioether (sulfide) groups is 1. The third-order valence-corrected chi connectivity index (χ3v) is 7.92. The highest BCUT2D eigenvalue weighted by Gasteiger charge is 2.53. The lowest BCUT2D eigenvalue weighted by molar-refractivity contribution is -0.893. The molecular weight excluding hydrogens is 524 g/mol. The highest BCUT2D eigenvalue weighted by molar-refractivity contribution is 8.00. The molecule has 2 saturated heterocycles. The summed E-state index contributed by atoms with van der Waals surface area (Å²) in [6.45, 7) is 2.53. The Morgan fingerprint density at radius 3 is 2.57 bits per heavy atom. The van der Waals surface area contributed by atoms with E-state index in [1.165, 1.54) is 23.8 Å². The maximum atomic E-state index is 12.9. The number of aromatic nitrogens is 1. The molecule has 4 rings (SSSR count). The number of nitrogens with one attached hydrogen (secondary N) is 1. The molecule has 35 heavy (non-hydrogen) atoms. The number of nitrogens with zero attached hydrogens (tertiary/aromatic N) is 4. The van der Waals surface area contributed by atoms with E-state index in [2.05, 4.69) is 22.5 Å². The monoisotopic (exact) mass is 552 g/mol. The maximum Gasteiger partial charge on any atom is 0.276 e. The number of hydrogen-bond donors (Lipinski definition) is 2. The van der Waals surface area contributed by atoms with E-state index in [9.17, 15) is 19.5 Å². The second kappa shape index (κ2) is 12.0. The van der Waals surface area contributed by atoms with Crippen LogP contribution in [0.5, 0.6) is 0 Å². The van der Waals surface area contributed by atoms with Crippen LogP contribution in [-0.4, -0.2) is 99.8 Å². The fourth-order valence-electron chi connectivity index (χ4n) is 4.41. The van der Waals surface area contributed by atoms with Gasteiger partial charge in [0.2, 0.25) is 0 Å². The van der Waals surface area contributed by atoms with Crippen LogP contribution in [0.3, 0.4) is 0 Å². The number of nitrogen functional groups attached to an aromatic ring is 1. The first-order valence-electron chi connectivity index (χ1n) is 10.1. The van der Waals surface area contributed by atoms with Crippen molar-refractivity contribution >= 4 is 64.1 Å². The van der Waals surface area contributed by atoms with Crippen LogP contribution in [0.2, 0.25) is 0 Å². The topological polar surface area (TPSA) is 213 Å². The van der Waals surface area contributed by atoms with Crippen LogP contribution >= 0.6 is 35.5 Å². The number of amides is 2. The fraction of sp³-hybridized carbons (Fsp3) is 0.526. The van der Waals surface area contributed by atoms with Gasteiger partial charge in [-0.2, -0.15) is 0 Å². The smallest absolute Gasteiger partial charge is 0.276 e. The van der Waals surface area contributed by atoms with Crippen molar-refractivity contribution in [1.82, 2.24) is 15.2 Å². The van der Waals surface area contributed by atoms with Gasteiger partial charge in [-0.15, -0.1) is 35.5 Å². The van der Waals surface area contributed by atoms with Gasteiger partial charge in [-0.25, -0.2) is 4.98 Å². The van der Waals surface area contributed by atoms with Crippen molar-refractivity contribution in [3.63, 3.8) is 0 Å². The predicted octanol–water partition coefficient (Wildman–Crippen LogP) is -2.51. The Morgan fingerprint density at radius 1 is 1.37 bits per heavy atom. The summed E-state index contributed by atoms with van der Waals surface area (Å²) in [5.74, 6) is -2.06. The first-order chi connectivity index (χ1) is 15.2. The Labute approximate surface area is 216 Å². The lowest BCUT2D eigenvalue weighted by Gasteiger charge is -2.51. The zero-order valence-corrected chi connectivity index (χ0v) is 21.6. The van der Waals surface area contributed by atoms with Crippen molar-refractivity contribution < 1.29 is 39.8 Å². The summed E-state index contributed by atoms with van der Waals surface area (Å²) in [5, 5.41) is 19.6. The standard InChI is InChI=1S/C19H24N6O5S2.ClH.2H2O/c1-25(5-3-4-6-25)7-10-8-31-17-13(16(27)24(17)14(10)18(28)29)22-15(26)12(23-30-2)11-9-32-19(20)21-11;;;/h9,13,17H,3-8H2,1-2H3,(H3-,20,21,22,26,28,29);1H;2*1H2/b23-12+;;;/t13-,17-;;;/m1.../s1. The number of oxime groups is 1. The van der Waals surface area contributed by atoms with Gasteiger partial charge in [0, 0.05) is 29.5 Å². The quantitative estimate of drug-likeness (QED) is 0.159. The summed E-state index contributed by atoms with van der Waals surface area (Å²) in [4.78, 5) is 47.7. The van der Waals surface area contributed by atoms with Gasteiger partial charge in [0.25, 0.3) is 11.8 Å². The van der Waals surface area contributed by atoms with Crippen molar-refractivity contribution in [2.45, 2.75) is 24.3 Å². The number of thiazole rings is 1. The summed E-state index contributed by atoms with van der Waals surface area (Å²) in [5.41, 5.74) is 6.39. The van der Waals surface area contributed by atoms with E-state index >= 15 is 0 Å². The van der Waals surface area contributed by atoms with Gasteiger partial charge >= 0.3 is 0 Å². The van der Waals surface area contributed by atoms with Crippen LogP contribution in [0.15, 0.2) is 21.8 Å². The van der Waals surface area contributed by atoms with E-state index in [4.69, 9.17) is 10.6 Å². The molecule has 2 amide bonds. The summed E-state index contributed by atoms with van der Waals surface area (Å²) >= 11 is 2.57. The third-order valence-electron chi connectivity index (χ3n) is 5.91. The van der Waals surface area contributed by atoms with Crippen LogP contribution in [0.25, 0.3) is 0 Å². The number of nitrogens with two attached hydrogens (primary N) is 1. The Bertz CT molecular complexity index is 1030. The molecule has 2 atom stereocenters. The van der Waals surface area contributed by atoms with Gasteiger partial charge in [-0.3, -0.25) is 14.5 Å². The summed E-state index contributed by atoms with van der Waals surface area (Å²) in [6.07, 6.45) is 2.21.